The molecule has 7 heteroatoms. The van der Waals surface area contributed by atoms with Gasteiger partial charge >= 0.3 is 0 Å². The summed E-state index contributed by atoms with van der Waals surface area (Å²) >= 11 is 12.6. The Labute approximate surface area is 235 Å². The molecule has 0 aliphatic carbocycles. The smallest absolute Gasteiger partial charge is 0.253 e. The van der Waals surface area contributed by atoms with Crippen LogP contribution in [0.1, 0.15) is 62.9 Å². The van der Waals surface area contributed by atoms with Crippen LogP contribution in [0.25, 0.3) is 0 Å². The van der Waals surface area contributed by atoms with E-state index in [1.54, 1.807) is 11.9 Å². The van der Waals surface area contributed by atoms with Crippen LogP contribution >= 0.6 is 23.2 Å². The molecule has 1 unspecified atom stereocenters. The number of likely N-dealkylation sites (tertiary alicyclic amines) is 1. The van der Waals surface area contributed by atoms with Crippen molar-refractivity contribution in [2.45, 2.75) is 31.1 Å². The quantitative estimate of drug-likeness (QED) is 0.331. The third kappa shape index (κ3) is 7.16. The van der Waals surface area contributed by atoms with E-state index in [2.05, 4.69) is 22.3 Å². The normalized spacial score (nSPS) is 15.2. The third-order valence-electron chi connectivity index (χ3n) is 7.53. The number of amides is 2. The Morgan fingerprint density at radius 2 is 1.63 bits per heavy atom. The van der Waals surface area contributed by atoms with Crippen molar-refractivity contribution < 1.29 is 9.59 Å². The number of benzene rings is 3. The third-order valence-corrected chi connectivity index (χ3v) is 8.27. The first kappa shape index (κ1) is 28.2. The Kier molecular flexibility index (Phi) is 9.84. The first-order valence-electron chi connectivity index (χ1n) is 13.2. The maximum Gasteiger partial charge on any atom is 0.253 e. The van der Waals surface area contributed by atoms with Crippen molar-refractivity contribution in [1.82, 2.24) is 15.1 Å². The molecule has 0 aromatic heterocycles. The van der Waals surface area contributed by atoms with E-state index < -0.39 is 0 Å². The van der Waals surface area contributed by atoms with Crippen LogP contribution < -0.4 is 5.32 Å². The molecule has 200 valence electrons. The highest BCUT2D eigenvalue weighted by Gasteiger charge is 2.24. The fourth-order valence-corrected chi connectivity index (χ4v) is 5.53. The number of carbonyl (C=O) groups is 2. The van der Waals surface area contributed by atoms with Crippen LogP contribution in [0.5, 0.6) is 0 Å². The molecule has 1 aliphatic heterocycles. The molecule has 1 aliphatic rings. The SMILES string of the molecule is CNC(=O)c1ccc(C2CCN(CCC(CN(C)C(=O)c3ccccc3)c3ccc(Cl)c(Cl)c3)CC2)cc1. The highest BCUT2D eigenvalue weighted by Crippen LogP contribution is 2.31. The van der Waals surface area contributed by atoms with Crippen molar-refractivity contribution in [2.75, 3.05) is 40.3 Å². The topological polar surface area (TPSA) is 52.7 Å². The van der Waals surface area contributed by atoms with Crippen LogP contribution in [-0.4, -0.2) is 61.9 Å². The molecule has 0 saturated carbocycles. The number of carbonyl (C=O) groups excluding carboxylic acids is 2. The summed E-state index contributed by atoms with van der Waals surface area (Å²) in [6.07, 6.45) is 3.09. The summed E-state index contributed by atoms with van der Waals surface area (Å²) in [5.74, 6) is 0.598. The second-order valence-corrected chi connectivity index (χ2v) is 10.8. The molecule has 3 aromatic carbocycles. The van der Waals surface area contributed by atoms with Gasteiger partial charge in [0.25, 0.3) is 11.8 Å². The van der Waals surface area contributed by atoms with Crippen molar-refractivity contribution in [3.8, 4) is 0 Å². The molecular formula is C31H35Cl2N3O2. The highest BCUT2D eigenvalue weighted by atomic mass is 35.5. The van der Waals surface area contributed by atoms with Crippen LogP contribution in [0.4, 0.5) is 0 Å². The van der Waals surface area contributed by atoms with Gasteiger partial charge in [0.1, 0.15) is 0 Å². The van der Waals surface area contributed by atoms with Crippen LogP contribution in [0.3, 0.4) is 0 Å². The summed E-state index contributed by atoms with van der Waals surface area (Å²) in [5, 5.41) is 3.74. The summed E-state index contributed by atoms with van der Waals surface area (Å²) in [6, 6.07) is 23.2. The molecule has 0 spiro atoms. The minimum Gasteiger partial charge on any atom is -0.355 e. The molecule has 0 bridgehead atoms. The first-order chi connectivity index (χ1) is 18.4. The van der Waals surface area contributed by atoms with Gasteiger partial charge in [-0.25, -0.2) is 0 Å². The zero-order valence-corrected chi connectivity index (χ0v) is 23.5. The number of piperidine rings is 1. The number of halogens is 2. The summed E-state index contributed by atoms with van der Waals surface area (Å²) < 4.78 is 0. The van der Waals surface area contributed by atoms with Gasteiger partial charge in [0, 0.05) is 37.7 Å². The highest BCUT2D eigenvalue weighted by molar-refractivity contribution is 6.42. The number of nitrogens with one attached hydrogen (secondary N) is 1. The van der Waals surface area contributed by atoms with Crippen LogP contribution in [-0.2, 0) is 0 Å². The van der Waals surface area contributed by atoms with E-state index in [-0.39, 0.29) is 17.7 Å². The number of likely N-dealkylation sites (N-methyl/N-ethyl adjacent to an activating group) is 1. The zero-order valence-electron chi connectivity index (χ0n) is 22.0. The van der Waals surface area contributed by atoms with Crippen molar-refractivity contribution in [1.29, 1.82) is 0 Å². The molecule has 38 heavy (non-hydrogen) atoms. The van der Waals surface area contributed by atoms with Gasteiger partial charge in [0.15, 0.2) is 0 Å². The Balaban J connectivity index is 1.37. The second-order valence-electron chi connectivity index (χ2n) is 10.0. The van der Waals surface area contributed by atoms with Crippen molar-refractivity contribution in [2.24, 2.45) is 0 Å². The molecule has 1 N–H and O–H groups in total. The number of rotatable bonds is 9. The standard InChI is InChI=1S/C31H35Cl2N3O2/c1-34-30(37)24-10-8-22(9-11-24)23-14-17-36(18-15-23)19-16-27(26-12-13-28(32)29(33)20-26)21-35(2)31(38)25-6-4-3-5-7-25/h3-13,20,23,27H,14-19,21H2,1-2H3,(H,34,37). The summed E-state index contributed by atoms with van der Waals surface area (Å²) in [5.41, 5.74) is 3.77. The van der Waals surface area contributed by atoms with Crippen molar-refractivity contribution >= 4 is 35.0 Å². The van der Waals surface area contributed by atoms with Crippen LogP contribution in [0, 0.1) is 0 Å². The van der Waals surface area contributed by atoms with Gasteiger partial charge in [0.2, 0.25) is 0 Å². The van der Waals surface area contributed by atoms with Gasteiger partial charge in [-0.3, -0.25) is 9.59 Å². The van der Waals surface area contributed by atoms with Gasteiger partial charge in [-0.1, -0.05) is 59.6 Å². The lowest BCUT2D eigenvalue weighted by Crippen LogP contribution is -2.36. The van der Waals surface area contributed by atoms with Gasteiger partial charge < -0.3 is 15.1 Å². The molecule has 1 fully saturated rings. The average Bonchev–Trinajstić information content (AvgIpc) is 2.96. The predicted octanol–water partition coefficient (Wildman–Crippen LogP) is 6.48. The van der Waals surface area contributed by atoms with Crippen molar-refractivity contribution in [3.63, 3.8) is 0 Å². The largest absolute Gasteiger partial charge is 0.355 e. The molecule has 1 saturated heterocycles. The van der Waals surface area contributed by atoms with E-state index in [1.807, 2.05) is 67.7 Å². The van der Waals surface area contributed by atoms with E-state index in [1.165, 1.54) is 5.56 Å². The molecule has 0 radical (unpaired) electrons. The molecule has 4 rings (SSSR count). The Hall–Kier alpha value is -2.86. The second kappa shape index (κ2) is 13.3. The number of nitrogens with zero attached hydrogens (tertiary/aromatic N) is 2. The molecule has 1 atom stereocenters. The van der Waals surface area contributed by atoms with E-state index in [0.29, 0.717) is 33.6 Å². The first-order valence-corrected chi connectivity index (χ1v) is 13.9. The van der Waals surface area contributed by atoms with E-state index in [4.69, 9.17) is 23.2 Å². The molecule has 5 nitrogen and oxygen atoms in total. The molecule has 2 amide bonds. The van der Waals surface area contributed by atoms with Crippen molar-refractivity contribution in [3.05, 3.63) is 105 Å². The van der Waals surface area contributed by atoms with Gasteiger partial charge in [0.05, 0.1) is 10.0 Å². The van der Waals surface area contributed by atoms with Gasteiger partial charge in [-0.2, -0.15) is 0 Å². The van der Waals surface area contributed by atoms with Gasteiger partial charge in [-0.05, 0) is 92.3 Å². The molecule has 3 aromatic rings. The minimum absolute atomic E-state index is 0.0129. The van der Waals surface area contributed by atoms with Crippen LogP contribution in [0.15, 0.2) is 72.8 Å². The Morgan fingerprint density at radius 1 is 0.947 bits per heavy atom. The average molecular weight is 553 g/mol. The zero-order chi connectivity index (χ0) is 27.1. The van der Waals surface area contributed by atoms with E-state index in [9.17, 15) is 9.59 Å². The lowest BCUT2D eigenvalue weighted by molar-refractivity contribution is 0.0781. The summed E-state index contributed by atoms with van der Waals surface area (Å²) in [4.78, 5) is 29.2. The lowest BCUT2D eigenvalue weighted by Gasteiger charge is -2.34. The summed E-state index contributed by atoms with van der Waals surface area (Å²) in [6.45, 7) is 3.59. The number of hydrogen-bond donors (Lipinski definition) is 1. The monoisotopic (exact) mass is 551 g/mol. The van der Waals surface area contributed by atoms with E-state index in [0.717, 1.165) is 44.5 Å². The lowest BCUT2D eigenvalue weighted by atomic mass is 9.88. The summed E-state index contributed by atoms with van der Waals surface area (Å²) in [7, 11) is 3.51. The Morgan fingerprint density at radius 3 is 2.26 bits per heavy atom. The maximum atomic E-state index is 13.0. The number of hydrogen-bond acceptors (Lipinski definition) is 3. The Bertz CT molecular complexity index is 1230. The minimum atomic E-state index is -0.0565. The predicted molar refractivity (Wildman–Crippen MR) is 155 cm³/mol. The fourth-order valence-electron chi connectivity index (χ4n) is 5.22. The van der Waals surface area contributed by atoms with Crippen LogP contribution in [0.2, 0.25) is 10.0 Å². The van der Waals surface area contributed by atoms with Gasteiger partial charge in [-0.15, -0.1) is 0 Å². The molecule has 1 heterocycles. The maximum absolute atomic E-state index is 13.0. The van der Waals surface area contributed by atoms with E-state index >= 15 is 0 Å². The molecular weight excluding hydrogens is 517 g/mol. The fraction of sp³-hybridized carbons (Fsp3) is 0.355.